The second kappa shape index (κ2) is 9.37. The van der Waals surface area contributed by atoms with Crippen LogP contribution in [0.25, 0.3) is 0 Å². The van der Waals surface area contributed by atoms with Gasteiger partial charge in [0.05, 0.1) is 19.3 Å². The maximum atomic E-state index is 12.9. The van der Waals surface area contributed by atoms with Crippen LogP contribution in [0.3, 0.4) is 0 Å². The zero-order valence-electron chi connectivity index (χ0n) is 16.7. The van der Waals surface area contributed by atoms with E-state index in [1.807, 2.05) is 0 Å². The van der Waals surface area contributed by atoms with Crippen LogP contribution < -0.4 is 16.0 Å². The Bertz CT molecular complexity index is 1010. The summed E-state index contributed by atoms with van der Waals surface area (Å²) in [6.07, 6.45) is -3.17. The number of nitrogens with zero attached hydrogens (tertiary/aromatic N) is 1. The van der Waals surface area contributed by atoms with Crippen LogP contribution >= 0.6 is 0 Å². The molecule has 10 nitrogen and oxygen atoms in total. The molecule has 1 fully saturated rings. The number of nitrogen functional groups attached to an aromatic ring is 1. The molecule has 2 aromatic carbocycles. The highest BCUT2D eigenvalue weighted by Crippen LogP contribution is 2.22. The molecule has 0 bridgehead atoms. The molecule has 162 valence electrons. The Morgan fingerprint density at radius 3 is 2.61 bits per heavy atom. The summed E-state index contributed by atoms with van der Waals surface area (Å²) in [4.78, 5) is 38.5. The Morgan fingerprint density at radius 1 is 1.26 bits per heavy atom. The first kappa shape index (κ1) is 21.9. The number of aliphatic hydroxyl groups is 1. The molecule has 0 spiro atoms. The number of amides is 2. The fraction of sp³-hybridized carbons (Fsp3) is 0.238. The predicted molar refractivity (Wildman–Crippen MR) is 112 cm³/mol. The molecule has 0 radical (unpaired) electrons. The average Bonchev–Trinajstić information content (AvgIpc) is 2.78. The molecule has 0 saturated carbocycles. The molecule has 1 aliphatic heterocycles. The Balaban J connectivity index is 1.72. The summed E-state index contributed by atoms with van der Waals surface area (Å²) in [7, 11) is 1.26. The number of hydrogen-bond acceptors (Lipinski definition) is 7. The van der Waals surface area contributed by atoms with Gasteiger partial charge in [0, 0.05) is 23.5 Å². The van der Waals surface area contributed by atoms with Crippen molar-refractivity contribution in [2.45, 2.75) is 12.2 Å². The molecule has 0 aromatic heterocycles. The Morgan fingerprint density at radius 2 is 1.97 bits per heavy atom. The SMILES string of the molecule is COC(=O)c1cccc(N2CCOC(C(O)C(=O)Nc3ccc(C(=N)N)cc3)C2=O)c1. The Labute approximate surface area is 178 Å². The van der Waals surface area contributed by atoms with Crippen LogP contribution in [0.1, 0.15) is 15.9 Å². The molecule has 2 atom stereocenters. The number of methoxy groups -OCH3 is 1. The number of aliphatic hydroxyl groups excluding tert-OH is 1. The van der Waals surface area contributed by atoms with Gasteiger partial charge in [-0.25, -0.2) is 4.79 Å². The maximum Gasteiger partial charge on any atom is 0.337 e. The highest BCUT2D eigenvalue weighted by molar-refractivity contribution is 6.04. The zero-order chi connectivity index (χ0) is 22.5. The third-order valence-electron chi connectivity index (χ3n) is 4.72. The molecule has 0 aliphatic carbocycles. The smallest absolute Gasteiger partial charge is 0.337 e. The van der Waals surface area contributed by atoms with Crippen LogP contribution in [0.2, 0.25) is 0 Å². The minimum Gasteiger partial charge on any atom is -0.465 e. The van der Waals surface area contributed by atoms with E-state index in [-0.39, 0.29) is 24.6 Å². The van der Waals surface area contributed by atoms with E-state index in [2.05, 4.69) is 5.32 Å². The van der Waals surface area contributed by atoms with E-state index in [0.29, 0.717) is 16.9 Å². The van der Waals surface area contributed by atoms with Crippen molar-refractivity contribution < 1.29 is 29.0 Å². The van der Waals surface area contributed by atoms with Crippen LogP contribution in [0.15, 0.2) is 48.5 Å². The molecule has 1 heterocycles. The lowest BCUT2D eigenvalue weighted by atomic mass is 10.1. The number of morpholine rings is 1. The zero-order valence-corrected chi connectivity index (χ0v) is 16.7. The lowest BCUT2D eigenvalue weighted by molar-refractivity contribution is -0.150. The molecule has 10 heteroatoms. The summed E-state index contributed by atoms with van der Waals surface area (Å²) in [5.74, 6) is -2.09. The Kier molecular flexibility index (Phi) is 6.63. The highest BCUT2D eigenvalue weighted by Gasteiger charge is 2.39. The standard InChI is InChI=1S/C21H22N4O6/c1-30-21(29)13-3-2-4-15(11-13)25-9-10-31-17(20(25)28)16(26)19(27)24-14-7-5-12(6-8-14)18(22)23/h2-8,11,16-17,26H,9-10H2,1H3,(H3,22,23)(H,24,27). The maximum absolute atomic E-state index is 12.9. The second-order valence-corrected chi connectivity index (χ2v) is 6.75. The predicted octanol–water partition coefficient (Wildman–Crippen LogP) is 0.489. The van der Waals surface area contributed by atoms with Gasteiger partial charge < -0.3 is 30.5 Å². The van der Waals surface area contributed by atoms with E-state index in [1.165, 1.54) is 30.2 Å². The van der Waals surface area contributed by atoms with Crippen molar-refractivity contribution in [3.8, 4) is 0 Å². The van der Waals surface area contributed by atoms with E-state index in [0.717, 1.165) is 0 Å². The van der Waals surface area contributed by atoms with E-state index in [1.54, 1.807) is 30.3 Å². The number of esters is 1. The summed E-state index contributed by atoms with van der Waals surface area (Å²) in [5.41, 5.74) is 6.93. The van der Waals surface area contributed by atoms with Gasteiger partial charge in [0.1, 0.15) is 5.84 Å². The van der Waals surface area contributed by atoms with Gasteiger partial charge in [-0.05, 0) is 42.5 Å². The molecule has 2 unspecified atom stereocenters. The quantitative estimate of drug-likeness (QED) is 0.298. The van der Waals surface area contributed by atoms with E-state index in [9.17, 15) is 19.5 Å². The third kappa shape index (κ3) is 4.87. The summed E-state index contributed by atoms with van der Waals surface area (Å²) in [5, 5.41) is 20.3. The highest BCUT2D eigenvalue weighted by atomic mass is 16.5. The van der Waals surface area contributed by atoms with Crippen molar-refractivity contribution >= 4 is 35.0 Å². The molecule has 5 N–H and O–H groups in total. The number of benzene rings is 2. The van der Waals surface area contributed by atoms with Gasteiger partial charge in [0.2, 0.25) is 0 Å². The number of hydrogen-bond donors (Lipinski definition) is 4. The normalized spacial score (nSPS) is 17.0. The molecule has 1 saturated heterocycles. The molecular formula is C21H22N4O6. The van der Waals surface area contributed by atoms with Gasteiger partial charge in [-0.1, -0.05) is 6.07 Å². The number of amidine groups is 1. The fourth-order valence-corrected chi connectivity index (χ4v) is 3.09. The number of carbonyl (C=O) groups excluding carboxylic acids is 3. The van der Waals surface area contributed by atoms with E-state index < -0.39 is 30.0 Å². The fourth-order valence-electron chi connectivity index (χ4n) is 3.09. The van der Waals surface area contributed by atoms with E-state index >= 15 is 0 Å². The van der Waals surface area contributed by atoms with Crippen molar-refractivity contribution in [2.75, 3.05) is 30.5 Å². The van der Waals surface area contributed by atoms with Crippen molar-refractivity contribution in [1.82, 2.24) is 0 Å². The minimum atomic E-state index is -1.76. The van der Waals surface area contributed by atoms with Crippen LogP contribution in [-0.4, -0.2) is 61.2 Å². The first-order valence-corrected chi connectivity index (χ1v) is 9.36. The lowest BCUT2D eigenvalue weighted by Gasteiger charge is -2.34. The number of ether oxygens (including phenoxy) is 2. The molecule has 1 aliphatic rings. The number of nitrogens with one attached hydrogen (secondary N) is 2. The first-order valence-electron chi connectivity index (χ1n) is 9.36. The first-order chi connectivity index (χ1) is 14.8. The molecule has 3 rings (SSSR count). The number of carbonyl (C=O) groups is 3. The summed E-state index contributed by atoms with van der Waals surface area (Å²) >= 11 is 0. The van der Waals surface area contributed by atoms with Gasteiger partial charge in [-0.15, -0.1) is 0 Å². The van der Waals surface area contributed by atoms with Crippen LogP contribution in [0, 0.1) is 5.41 Å². The van der Waals surface area contributed by atoms with Crippen molar-refractivity contribution in [2.24, 2.45) is 5.73 Å². The summed E-state index contributed by atoms with van der Waals surface area (Å²) in [6, 6.07) is 12.4. The molecular weight excluding hydrogens is 404 g/mol. The summed E-state index contributed by atoms with van der Waals surface area (Å²) < 4.78 is 10.1. The van der Waals surface area contributed by atoms with Gasteiger partial charge in [0.15, 0.2) is 12.2 Å². The van der Waals surface area contributed by atoms with Gasteiger partial charge >= 0.3 is 5.97 Å². The van der Waals surface area contributed by atoms with Gasteiger partial charge in [0.25, 0.3) is 11.8 Å². The topological polar surface area (TPSA) is 155 Å². The average molecular weight is 426 g/mol. The minimum absolute atomic E-state index is 0.0938. The van der Waals surface area contributed by atoms with Gasteiger partial charge in [-0.2, -0.15) is 0 Å². The number of anilines is 2. The number of rotatable bonds is 6. The number of nitrogens with two attached hydrogens (primary N) is 1. The van der Waals surface area contributed by atoms with Crippen molar-refractivity contribution in [3.05, 3.63) is 59.7 Å². The van der Waals surface area contributed by atoms with Crippen LogP contribution in [-0.2, 0) is 19.1 Å². The van der Waals surface area contributed by atoms with Crippen LogP contribution in [0.5, 0.6) is 0 Å². The second-order valence-electron chi connectivity index (χ2n) is 6.75. The summed E-state index contributed by atoms with van der Waals surface area (Å²) in [6.45, 7) is 0.289. The Hall–Kier alpha value is -3.76. The molecule has 31 heavy (non-hydrogen) atoms. The molecule has 2 amide bonds. The monoisotopic (exact) mass is 426 g/mol. The lowest BCUT2D eigenvalue weighted by Crippen LogP contribution is -2.55. The third-order valence-corrected chi connectivity index (χ3v) is 4.72. The van der Waals surface area contributed by atoms with Crippen molar-refractivity contribution in [3.63, 3.8) is 0 Å². The van der Waals surface area contributed by atoms with Crippen molar-refractivity contribution in [1.29, 1.82) is 5.41 Å². The van der Waals surface area contributed by atoms with Gasteiger partial charge in [-0.3, -0.25) is 15.0 Å². The van der Waals surface area contributed by atoms with E-state index in [4.69, 9.17) is 20.6 Å². The molecule has 2 aromatic rings. The largest absolute Gasteiger partial charge is 0.465 e. The van der Waals surface area contributed by atoms with Crippen LogP contribution in [0.4, 0.5) is 11.4 Å².